The van der Waals surface area contributed by atoms with Crippen molar-refractivity contribution in [3.63, 3.8) is 0 Å². The molecule has 0 aliphatic carbocycles. The van der Waals surface area contributed by atoms with Crippen molar-refractivity contribution in [1.82, 2.24) is 5.32 Å². The van der Waals surface area contributed by atoms with Gasteiger partial charge in [0.2, 0.25) is 5.91 Å². The molecule has 1 aliphatic rings. The van der Waals surface area contributed by atoms with Crippen molar-refractivity contribution >= 4 is 17.5 Å². The van der Waals surface area contributed by atoms with Gasteiger partial charge in [-0.1, -0.05) is 35.9 Å². The number of rotatable bonds is 5. The van der Waals surface area contributed by atoms with Gasteiger partial charge in [-0.3, -0.25) is 4.79 Å². The average Bonchev–Trinajstić information content (AvgIpc) is 2.85. The van der Waals surface area contributed by atoms with E-state index in [-0.39, 0.29) is 11.9 Å². The summed E-state index contributed by atoms with van der Waals surface area (Å²) in [5.74, 6) is 1.54. The molecular weight excluding hydrogens is 338 g/mol. The van der Waals surface area contributed by atoms with Crippen molar-refractivity contribution in [2.24, 2.45) is 0 Å². The van der Waals surface area contributed by atoms with Gasteiger partial charge in [0.05, 0.1) is 19.3 Å². The van der Waals surface area contributed by atoms with Gasteiger partial charge in [-0.25, -0.2) is 0 Å². The van der Waals surface area contributed by atoms with Crippen LogP contribution in [0.1, 0.15) is 36.9 Å². The van der Waals surface area contributed by atoms with Crippen molar-refractivity contribution in [2.45, 2.75) is 32.2 Å². The van der Waals surface area contributed by atoms with Crippen molar-refractivity contribution < 1.29 is 14.3 Å². The summed E-state index contributed by atoms with van der Waals surface area (Å²) in [4.78, 5) is 12.2. The zero-order valence-corrected chi connectivity index (χ0v) is 15.0. The molecule has 2 aromatic rings. The highest BCUT2D eigenvalue weighted by Gasteiger charge is 2.14. The lowest BCUT2D eigenvalue weighted by Gasteiger charge is -2.16. The Morgan fingerprint density at radius 1 is 1.16 bits per heavy atom. The summed E-state index contributed by atoms with van der Waals surface area (Å²) in [6.45, 7) is 3.27. The molecule has 1 aliphatic heterocycles. The number of nitrogens with one attached hydrogen (secondary N) is 1. The zero-order chi connectivity index (χ0) is 17.6. The molecule has 0 aromatic heterocycles. The van der Waals surface area contributed by atoms with Crippen LogP contribution >= 0.6 is 11.6 Å². The Balaban J connectivity index is 1.55. The molecule has 4 nitrogen and oxygen atoms in total. The smallest absolute Gasteiger partial charge is 0.220 e. The minimum absolute atomic E-state index is 0.000434. The molecule has 1 N–H and O–H groups in total. The Labute approximate surface area is 153 Å². The second-order valence-electron chi connectivity index (χ2n) is 6.14. The highest BCUT2D eigenvalue weighted by Crippen LogP contribution is 2.30. The van der Waals surface area contributed by atoms with Crippen LogP contribution in [-0.2, 0) is 11.2 Å². The van der Waals surface area contributed by atoms with Crippen LogP contribution in [0, 0.1) is 0 Å². The number of aryl methyl sites for hydroxylation is 1. The first-order valence-corrected chi connectivity index (χ1v) is 8.93. The van der Waals surface area contributed by atoms with E-state index in [1.807, 2.05) is 49.4 Å². The zero-order valence-electron chi connectivity index (χ0n) is 14.3. The predicted molar refractivity (Wildman–Crippen MR) is 98.4 cm³/mol. The summed E-state index contributed by atoms with van der Waals surface area (Å²) in [6, 6.07) is 13.3. The lowest BCUT2D eigenvalue weighted by Crippen LogP contribution is -2.27. The minimum Gasteiger partial charge on any atom is -0.490 e. The van der Waals surface area contributed by atoms with Gasteiger partial charge in [-0.2, -0.15) is 0 Å². The molecule has 0 saturated carbocycles. The number of carbonyl (C=O) groups is 1. The molecule has 1 heterocycles. The van der Waals surface area contributed by atoms with Gasteiger partial charge in [0.1, 0.15) is 0 Å². The maximum atomic E-state index is 12.2. The number of benzene rings is 2. The van der Waals surface area contributed by atoms with Gasteiger partial charge < -0.3 is 14.8 Å². The number of halogens is 1. The molecule has 1 amide bonds. The van der Waals surface area contributed by atoms with E-state index in [9.17, 15) is 4.79 Å². The Morgan fingerprint density at radius 3 is 2.72 bits per heavy atom. The molecule has 25 heavy (non-hydrogen) atoms. The van der Waals surface area contributed by atoms with Crippen LogP contribution in [0.3, 0.4) is 0 Å². The molecule has 3 rings (SSSR count). The Bertz CT molecular complexity index is 747. The number of ether oxygens (including phenoxy) is 2. The molecule has 1 unspecified atom stereocenters. The fraction of sp³-hybridized carbons (Fsp3) is 0.350. The first-order chi connectivity index (χ1) is 12.1. The van der Waals surface area contributed by atoms with Gasteiger partial charge in [0.25, 0.3) is 0 Å². The van der Waals surface area contributed by atoms with Crippen molar-refractivity contribution in [1.29, 1.82) is 0 Å². The van der Waals surface area contributed by atoms with Crippen LogP contribution < -0.4 is 14.8 Å². The van der Waals surface area contributed by atoms with Gasteiger partial charge in [0.15, 0.2) is 11.5 Å². The average molecular weight is 360 g/mol. The Kier molecular flexibility index (Phi) is 5.82. The van der Waals surface area contributed by atoms with E-state index in [4.69, 9.17) is 21.1 Å². The first kappa shape index (κ1) is 17.6. The van der Waals surface area contributed by atoms with Crippen molar-refractivity contribution in [3.8, 4) is 11.5 Å². The molecule has 132 valence electrons. The van der Waals surface area contributed by atoms with Crippen LogP contribution in [0.25, 0.3) is 0 Å². The standard InChI is InChI=1S/C20H22ClNO3/c1-14(16-5-2-3-6-17(16)21)22-20(23)10-8-15-7-9-18-19(13-15)25-12-4-11-24-18/h2-3,5-7,9,13-14H,4,8,10-12H2,1H3,(H,22,23). The second-order valence-corrected chi connectivity index (χ2v) is 6.55. The monoisotopic (exact) mass is 359 g/mol. The lowest BCUT2D eigenvalue weighted by atomic mass is 10.1. The fourth-order valence-electron chi connectivity index (χ4n) is 2.84. The highest BCUT2D eigenvalue weighted by atomic mass is 35.5. The largest absolute Gasteiger partial charge is 0.490 e. The lowest BCUT2D eigenvalue weighted by molar-refractivity contribution is -0.121. The molecule has 0 fully saturated rings. The SMILES string of the molecule is CC(NC(=O)CCc1ccc2c(c1)OCCCO2)c1ccccc1Cl. The van der Waals surface area contributed by atoms with E-state index in [1.165, 1.54) is 0 Å². The molecule has 2 aromatic carbocycles. The predicted octanol–water partition coefficient (Wildman–Crippen LogP) is 4.31. The van der Waals surface area contributed by atoms with Crippen molar-refractivity contribution in [2.75, 3.05) is 13.2 Å². The number of carbonyl (C=O) groups excluding carboxylic acids is 1. The molecule has 0 spiro atoms. The molecule has 0 saturated heterocycles. The Hall–Kier alpha value is -2.20. The van der Waals surface area contributed by atoms with E-state index < -0.39 is 0 Å². The van der Waals surface area contributed by atoms with E-state index in [0.717, 1.165) is 29.0 Å². The van der Waals surface area contributed by atoms with Gasteiger partial charge in [0, 0.05) is 17.9 Å². The van der Waals surface area contributed by atoms with Crippen LogP contribution in [0.5, 0.6) is 11.5 Å². The first-order valence-electron chi connectivity index (χ1n) is 8.56. The van der Waals surface area contributed by atoms with Gasteiger partial charge in [-0.15, -0.1) is 0 Å². The van der Waals surface area contributed by atoms with Gasteiger partial charge in [-0.05, 0) is 42.7 Å². The fourth-order valence-corrected chi connectivity index (χ4v) is 3.14. The topological polar surface area (TPSA) is 47.6 Å². The Morgan fingerprint density at radius 2 is 1.92 bits per heavy atom. The molecule has 5 heteroatoms. The summed E-state index contributed by atoms with van der Waals surface area (Å²) in [5, 5.41) is 3.67. The summed E-state index contributed by atoms with van der Waals surface area (Å²) < 4.78 is 11.3. The van der Waals surface area contributed by atoms with Crippen LogP contribution in [0.4, 0.5) is 0 Å². The van der Waals surface area contributed by atoms with Crippen LogP contribution in [-0.4, -0.2) is 19.1 Å². The maximum Gasteiger partial charge on any atom is 0.220 e. The molecule has 0 radical (unpaired) electrons. The van der Waals surface area contributed by atoms with E-state index in [0.29, 0.717) is 31.1 Å². The van der Waals surface area contributed by atoms with E-state index >= 15 is 0 Å². The summed E-state index contributed by atoms with van der Waals surface area (Å²) in [6.07, 6.45) is 1.94. The number of hydrogen-bond donors (Lipinski definition) is 1. The third kappa shape index (κ3) is 4.67. The molecule has 0 bridgehead atoms. The quantitative estimate of drug-likeness (QED) is 0.865. The number of fused-ring (bicyclic) bond motifs is 1. The third-order valence-electron chi connectivity index (χ3n) is 4.20. The van der Waals surface area contributed by atoms with Crippen LogP contribution in [0.2, 0.25) is 5.02 Å². The number of hydrogen-bond acceptors (Lipinski definition) is 3. The third-order valence-corrected chi connectivity index (χ3v) is 4.55. The molecular formula is C20H22ClNO3. The normalized spacial score (nSPS) is 14.5. The van der Waals surface area contributed by atoms with Gasteiger partial charge >= 0.3 is 0 Å². The van der Waals surface area contributed by atoms with E-state index in [2.05, 4.69) is 5.32 Å². The van der Waals surface area contributed by atoms with E-state index in [1.54, 1.807) is 0 Å². The minimum atomic E-state index is -0.120. The summed E-state index contributed by atoms with van der Waals surface area (Å²) in [5.41, 5.74) is 1.98. The summed E-state index contributed by atoms with van der Waals surface area (Å²) >= 11 is 6.18. The maximum absolute atomic E-state index is 12.2. The summed E-state index contributed by atoms with van der Waals surface area (Å²) in [7, 11) is 0. The van der Waals surface area contributed by atoms with Crippen LogP contribution in [0.15, 0.2) is 42.5 Å². The highest BCUT2D eigenvalue weighted by molar-refractivity contribution is 6.31. The second kappa shape index (κ2) is 8.26. The molecule has 1 atom stereocenters. The number of amides is 1. The van der Waals surface area contributed by atoms with Crippen molar-refractivity contribution in [3.05, 3.63) is 58.6 Å².